The van der Waals surface area contributed by atoms with Crippen LogP contribution in [0.1, 0.15) is 48.5 Å². The zero-order valence-corrected chi connectivity index (χ0v) is 18.9. The molecule has 0 spiro atoms. The minimum atomic E-state index is -0.122. The molecule has 1 unspecified atom stereocenters. The second kappa shape index (κ2) is 11.6. The average Bonchev–Trinajstić information content (AvgIpc) is 2.80. The molecule has 1 atom stereocenters. The van der Waals surface area contributed by atoms with Gasteiger partial charge in [-0.1, -0.05) is 43.7 Å². The Balaban J connectivity index is 1.66. The Hall–Kier alpha value is -2.73. The molecule has 2 aromatic carbocycles. The van der Waals surface area contributed by atoms with Crippen LogP contribution in [0.5, 0.6) is 17.2 Å². The third kappa shape index (κ3) is 6.37. The van der Waals surface area contributed by atoms with E-state index in [1.165, 1.54) is 5.56 Å². The van der Waals surface area contributed by atoms with Gasteiger partial charge in [-0.05, 0) is 43.5 Å². The van der Waals surface area contributed by atoms with Crippen molar-refractivity contribution in [1.29, 1.82) is 0 Å². The number of likely N-dealkylation sites (tertiary alicyclic amines) is 1. The van der Waals surface area contributed by atoms with Gasteiger partial charge in [0, 0.05) is 24.7 Å². The molecule has 1 aliphatic heterocycles. The summed E-state index contributed by atoms with van der Waals surface area (Å²) >= 11 is 0. The molecule has 1 N–H and O–H groups in total. The summed E-state index contributed by atoms with van der Waals surface area (Å²) in [6.07, 6.45) is 4.02. The predicted molar refractivity (Wildman–Crippen MR) is 122 cm³/mol. The van der Waals surface area contributed by atoms with Crippen molar-refractivity contribution in [3.05, 3.63) is 53.6 Å². The van der Waals surface area contributed by atoms with Crippen molar-refractivity contribution in [2.24, 2.45) is 0 Å². The van der Waals surface area contributed by atoms with E-state index in [2.05, 4.69) is 41.4 Å². The van der Waals surface area contributed by atoms with Crippen molar-refractivity contribution < 1.29 is 19.0 Å². The first-order valence-electron chi connectivity index (χ1n) is 11.1. The summed E-state index contributed by atoms with van der Waals surface area (Å²) in [5.41, 5.74) is 1.80. The van der Waals surface area contributed by atoms with Crippen LogP contribution in [0.15, 0.2) is 42.5 Å². The zero-order valence-electron chi connectivity index (χ0n) is 18.9. The number of piperidine rings is 1. The molecular formula is C25H34N2O4. The van der Waals surface area contributed by atoms with Crippen molar-refractivity contribution in [3.63, 3.8) is 0 Å². The lowest BCUT2D eigenvalue weighted by Crippen LogP contribution is -2.47. The van der Waals surface area contributed by atoms with Gasteiger partial charge in [-0.25, -0.2) is 0 Å². The Morgan fingerprint density at radius 3 is 2.48 bits per heavy atom. The number of nitrogens with zero attached hydrogens (tertiary/aromatic N) is 1. The van der Waals surface area contributed by atoms with Gasteiger partial charge >= 0.3 is 0 Å². The van der Waals surface area contributed by atoms with Crippen LogP contribution in [0.2, 0.25) is 0 Å². The van der Waals surface area contributed by atoms with Crippen LogP contribution in [-0.2, 0) is 6.54 Å². The number of nitrogens with one attached hydrogen (secondary N) is 1. The van der Waals surface area contributed by atoms with Crippen LogP contribution in [0.3, 0.4) is 0 Å². The molecule has 0 aromatic heterocycles. The maximum Gasteiger partial charge on any atom is 0.251 e. The quantitative estimate of drug-likeness (QED) is 0.575. The van der Waals surface area contributed by atoms with Gasteiger partial charge in [-0.15, -0.1) is 0 Å². The number of benzene rings is 2. The van der Waals surface area contributed by atoms with E-state index in [0.29, 0.717) is 29.4 Å². The van der Waals surface area contributed by atoms with Crippen molar-refractivity contribution >= 4 is 5.91 Å². The summed E-state index contributed by atoms with van der Waals surface area (Å²) < 4.78 is 16.8. The van der Waals surface area contributed by atoms with E-state index in [0.717, 1.165) is 45.3 Å². The maximum atomic E-state index is 13.0. The number of unbranched alkanes of at least 4 members (excludes halogenated alkanes) is 1. The lowest BCUT2D eigenvalue weighted by atomic mass is 10.0. The Labute approximate surface area is 185 Å². The second-order valence-corrected chi connectivity index (χ2v) is 7.95. The highest BCUT2D eigenvalue weighted by atomic mass is 16.5. The maximum absolute atomic E-state index is 13.0. The standard InChI is InChI=1S/C25H34N2O4/c1-4-5-14-31-24-22(29-2)15-20(16-23(24)30-3)25(28)26-21-12-9-13-27(18-21)17-19-10-7-6-8-11-19/h6-8,10-11,15-16,21H,4-5,9,12-14,17-18H2,1-3H3,(H,26,28). The average molecular weight is 427 g/mol. The molecule has 168 valence electrons. The lowest BCUT2D eigenvalue weighted by molar-refractivity contribution is 0.0900. The first-order chi connectivity index (χ1) is 15.1. The van der Waals surface area contributed by atoms with E-state index in [1.54, 1.807) is 26.4 Å². The minimum absolute atomic E-state index is 0.113. The first kappa shape index (κ1) is 22.9. The summed E-state index contributed by atoms with van der Waals surface area (Å²) in [5, 5.41) is 3.19. The minimum Gasteiger partial charge on any atom is -0.493 e. The number of rotatable bonds is 10. The molecular weight excluding hydrogens is 392 g/mol. The van der Waals surface area contributed by atoms with Gasteiger partial charge in [0.25, 0.3) is 5.91 Å². The SMILES string of the molecule is CCCCOc1c(OC)cc(C(=O)NC2CCCN(Cc3ccccc3)C2)cc1OC. The van der Waals surface area contributed by atoms with Crippen LogP contribution >= 0.6 is 0 Å². The highest BCUT2D eigenvalue weighted by Gasteiger charge is 2.24. The summed E-state index contributed by atoms with van der Waals surface area (Å²) in [5.74, 6) is 1.44. The van der Waals surface area contributed by atoms with E-state index in [4.69, 9.17) is 14.2 Å². The predicted octanol–water partition coefficient (Wildman–Crippen LogP) is 4.28. The van der Waals surface area contributed by atoms with Crippen LogP contribution in [-0.4, -0.2) is 50.8 Å². The number of hydrogen-bond acceptors (Lipinski definition) is 5. The van der Waals surface area contributed by atoms with Crippen LogP contribution < -0.4 is 19.5 Å². The lowest BCUT2D eigenvalue weighted by Gasteiger charge is -2.33. The number of carbonyl (C=O) groups is 1. The van der Waals surface area contributed by atoms with Crippen molar-refractivity contribution in [2.45, 2.75) is 45.2 Å². The summed E-state index contributed by atoms with van der Waals surface area (Å²) in [6, 6.07) is 14.0. The molecule has 3 rings (SSSR count). The Bertz CT molecular complexity index is 816. The normalized spacial score (nSPS) is 16.5. The highest BCUT2D eigenvalue weighted by molar-refractivity contribution is 5.95. The smallest absolute Gasteiger partial charge is 0.251 e. The molecule has 0 radical (unpaired) electrons. The molecule has 0 saturated carbocycles. The summed E-state index contributed by atoms with van der Waals surface area (Å²) in [7, 11) is 3.15. The molecule has 31 heavy (non-hydrogen) atoms. The molecule has 1 saturated heterocycles. The van der Waals surface area contributed by atoms with Gasteiger partial charge in [0.05, 0.1) is 20.8 Å². The number of amides is 1. The molecule has 2 aromatic rings. The van der Waals surface area contributed by atoms with Gasteiger partial charge in [0.1, 0.15) is 0 Å². The van der Waals surface area contributed by atoms with E-state index in [1.807, 2.05) is 6.07 Å². The molecule has 1 amide bonds. The molecule has 0 bridgehead atoms. The van der Waals surface area contributed by atoms with Gasteiger partial charge in [-0.3, -0.25) is 9.69 Å². The van der Waals surface area contributed by atoms with Crippen molar-refractivity contribution in [3.8, 4) is 17.2 Å². The fourth-order valence-electron chi connectivity index (χ4n) is 3.90. The highest BCUT2D eigenvalue weighted by Crippen LogP contribution is 2.38. The fraction of sp³-hybridized carbons (Fsp3) is 0.480. The van der Waals surface area contributed by atoms with E-state index < -0.39 is 0 Å². The fourth-order valence-corrected chi connectivity index (χ4v) is 3.90. The van der Waals surface area contributed by atoms with Gasteiger partial charge < -0.3 is 19.5 Å². The zero-order chi connectivity index (χ0) is 22.1. The molecule has 1 aliphatic rings. The number of hydrogen-bond donors (Lipinski definition) is 1. The molecule has 1 fully saturated rings. The Morgan fingerprint density at radius 2 is 1.84 bits per heavy atom. The molecule has 0 aliphatic carbocycles. The summed E-state index contributed by atoms with van der Waals surface area (Å²) in [4.78, 5) is 15.4. The molecule has 6 nitrogen and oxygen atoms in total. The number of carbonyl (C=O) groups excluding carboxylic acids is 1. The topological polar surface area (TPSA) is 60.0 Å². The third-order valence-corrected chi connectivity index (χ3v) is 5.56. The molecule has 1 heterocycles. The van der Waals surface area contributed by atoms with Gasteiger partial charge in [0.2, 0.25) is 5.75 Å². The van der Waals surface area contributed by atoms with E-state index >= 15 is 0 Å². The number of methoxy groups -OCH3 is 2. The Morgan fingerprint density at radius 1 is 1.13 bits per heavy atom. The summed E-state index contributed by atoms with van der Waals surface area (Å²) in [6.45, 7) is 5.48. The van der Waals surface area contributed by atoms with Crippen LogP contribution in [0, 0.1) is 0 Å². The number of ether oxygens (including phenoxy) is 3. The van der Waals surface area contributed by atoms with Crippen molar-refractivity contribution in [2.75, 3.05) is 33.9 Å². The molecule has 6 heteroatoms. The van der Waals surface area contributed by atoms with Crippen LogP contribution in [0.4, 0.5) is 0 Å². The van der Waals surface area contributed by atoms with Crippen molar-refractivity contribution in [1.82, 2.24) is 10.2 Å². The monoisotopic (exact) mass is 426 g/mol. The Kier molecular flexibility index (Phi) is 8.59. The van der Waals surface area contributed by atoms with E-state index in [9.17, 15) is 4.79 Å². The second-order valence-electron chi connectivity index (χ2n) is 7.95. The first-order valence-corrected chi connectivity index (χ1v) is 11.1. The third-order valence-electron chi connectivity index (χ3n) is 5.56. The van der Waals surface area contributed by atoms with Gasteiger partial charge in [0.15, 0.2) is 11.5 Å². The van der Waals surface area contributed by atoms with Crippen LogP contribution in [0.25, 0.3) is 0 Å². The van der Waals surface area contributed by atoms with Gasteiger partial charge in [-0.2, -0.15) is 0 Å². The van der Waals surface area contributed by atoms with E-state index in [-0.39, 0.29) is 11.9 Å². The largest absolute Gasteiger partial charge is 0.493 e.